The molecule has 0 radical (unpaired) electrons. The molecule has 0 aliphatic carbocycles. The Kier molecular flexibility index (Phi) is 5.32. The van der Waals surface area contributed by atoms with E-state index in [1.807, 2.05) is 25.0 Å². The van der Waals surface area contributed by atoms with Crippen LogP contribution in [0, 0.1) is 0 Å². The minimum Gasteiger partial charge on any atom is -0.312 e. The molecule has 0 spiro atoms. The maximum atomic E-state index is 4.24. The normalized spacial score (nSPS) is 13.1. The average Bonchev–Trinajstić information content (AvgIpc) is 2.55. The molecule has 0 saturated carbocycles. The van der Waals surface area contributed by atoms with Crippen molar-refractivity contribution in [3.8, 4) is 0 Å². The second-order valence-corrected chi connectivity index (χ2v) is 4.69. The van der Waals surface area contributed by atoms with Gasteiger partial charge in [0.25, 0.3) is 0 Å². The predicted octanol–water partition coefficient (Wildman–Crippen LogP) is 3.02. The minimum atomic E-state index is 0.401. The van der Waals surface area contributed by atoms with Crippen LogP contribution in [0.1, 0.15) is 44.3 Å². The van der Waals surface area contributed by atoms with Crippen LogP contribution in [0.4, 0.5) is 0 Å². The molecule has 4 heteroatoms. The van der Waals surface area contributed by atoms with Crippen molar-refractivity contribution in [2.45, 2.75) is 38.6 Å². The molecule has 0 aliphatic rings. The van der Waals surface area contributed by atoms with Crippen LogP contribution in [-0.2, 0) is 7.05 Å². The topological polar surface area (TPSA) is 29.9 Å². The van der Waals surface area contributed by atoms with Crippen molar-refractivity contribution in [2.24, 2.45) is 7.05 Å². The van der Waals surface area contributed by atoms with Crippen LogP contribution in [-0.4, -0.2) is 16.8 Å². The highest BCUT2D eigenvalue weighted by Crippen LogP contribution is 2.26. The van der Waals surface area contributed by atoms with E-state index < -0.39 is 0 Å². The van der Waals surface area contributed by atoms with Crippen molar-refractivity contribution in [1.82, 2.24) is 15.1 Å². The Hall–Kier alpha value is -0.350. The van der Waals surface area contributed by atoms with Crippen molar-refractivity contribution in [3.05, 3.63) is 16.4 Å². The third-order valence-corrected chi connectivity index (χ3v) is 3.32. The summed E-state index contributed by atoms with van der Waals surface area (Å²) in [5, 5.41) is 7.60. The van der Waals surface area contributed by atoms with Crippen LogP contribution in [0.25, 0.3) is 0 Å². The third-order valence-electron chi connectivity index (χ3n) is 2.71. The zero-order valence-electron chi connectivity index (χ0n) is 9.76. The van der Waals surface area contributed by atoms with Gasteiger partial charge in [-0.05, 0) is 29.4 Å². The van der Waals surface area contributed by atoms with Crippen molar-refractivity contribution < 1.29 is 0 Å². The van der Waals surface area contributed by atoms with Crippen molar-refractivity contribution in [1.29, 1.82) is 0 Å². The first kappa shape index (κ1) is 12.7. The lowest BCUT2D eigenvalue weighted by Crippen LogP contribution is -2.19. The molecular weight excluding hydrogens is 254 g/mol. The molecule has 86 valence electrons. The third kappa shape index (κ3) is 3.31. The van der Waals surface area contributed by atoms with Crippen LogP contribution in [0.3, 0.4) is 0 Å². The fraction of sp³-hybridized carbons (Fsp3) is 0.727. The quantitative estimate of drug-likeness (QED) is 0.808. The monoisotopic (exact) mass is 273 g/mol. The first-order valence-electron chi connectivity index (χ1n) is 5.55. The van der Waals surface area contributed by atoms with Gasteiger partial charge < -0.3 is 5.32 Å². The first-order chi connectivity index (χ1) is 7.20. The van der Waals surface area contributed by atoms with Gasteiger partial charge in [0.15, 0.2) is 0 Å². The standard InChI is InChI=1S/C11H20BrN3/c1-4-5-6-7-10(13-2)11-9(12)8-14-15(11)3/h8,10,13H,4-7H2,1-3H3. The molecule has 15 heavy (non-hydrogen) atoms. The zero-order valence-corrected chi connectivity index (χ0v) is 11.3. The molecule has 0 aliphatic heterocycles. The Balaban J connectivity index is 2.65. The number of halogens is 1. The van der Waals surface area contributed by atoms with Crippen LogP contribution in [0.2, 0.25) is 0 Å². The van der Waals surface area contributed by atoms with E-state index in [4.69, 9.17) is 0 Å². The molecular formula is C11H20BrN3. The number of nitrogens with one attached hydrogen (secondary N) is 1. The van der Waals surface area contributed by atoms with Gasteiger partial charge in [-0.2, -0.15) is 5.10 Å². The molecule has 0 amide bonds. The summed E-state index contributed by atoms with van der Waals surface area (Å²) in [6.45, 7) is 2.23. The molecule has 3 nitrogen and oxygen atoms in total. The van der Waals surface area contributed by atoms with Crippen LogP contribution < -0.4 is 5.32 Å². The van der Waals surface area contributed by atoms with Gasteiger partial charge in [0.05, 0.1) is 22.4 Å². The van der Waals surface area contributed by atoms with E-state index in [0.717, 1.165) is 4.47 Å². The van der Waals surface area contributed by atoms with Crippen LogP contribution in [0.5, 0.6) is 0 Å². The smallest absolute Gasteiger partial charge is 0.0692 e. The maximum Gasteiger partial charge on any atom is 0.0692 e. The SMILES string of the molecule is CCCCCC(NC)c1c(Br)cnn1C. The zero-order chi connectivity index (χ0) is 11.3. The number of rotatable bonds is 6. The van der Waals surface area contributed by atoms with Crippen LogP contribution in [0.15, 0.2) is 10.7 Å². The number of aryl methyl sites for hydroxylation is 1. The Morgan fingerprint density at radius 3 is 2.73 bits per heavy atom. The van der Waals surface area contributed by atoms with E-state index >= 15 is 0 Å². The van der Waals surface area contributed by atoms with Crippen LogP contribution >= 0.6 is 15.9 Å². The summed E-state index contributed by atoms with van der Waals surface area (Å²) >= 11 is 3.54. The van der Waals surface area contributed by atoms with Gasteiger partial charge in [0.2, 0.25) is 0 Å². The summed E-state index contributed by atoms with van der Waals surface area (Å²) in [6, 6.07) is 0.401. The highest BCUT2D eigenvalue weighted by atomic mass is 79.9. The van der Waals surface area contributed by atoms with E-state index in [2.05, 4.69) is 33.3 Å². The van der Waals surface area contributed by atoms with Crippen molar-refractivity contribution >= 4 is 15.9 Å². The largest absolute Gasteiger partial charge is 0.312 e. The summed E-state index contributed by atoms with van der Waals surface area (Å²) in [6.07, 6.45) is 6.86. The molecule has 1 aromatic heterocycles. The van der Waals surface area contributed by atoms with Gasteiger partial charge in [-0.3, -0.25) is 4.68 Å². The van der Waals surface area contributed by atoms with E-state index in [1.54, 1.807) is 0 Å². The fourth-order valence-electron chi connectivity index (χ4n) is 1.83. The number of hydrogen-bond acceptors (Lipinski definition) is 2. The lowest BCUT2D eigenvalue weighted by molar-refractivity contribution is 0.478. The number of unbranched alkanes of at least 4 members (excludes halogenated alkanes) is 2. The van der Waals surface area contributed by atoms with Crippen molar-refractivity contribution in [2.75, 3.05) is 7.05 Å². The lowest BCUT2D eigenvalue weighted by atomic mass is 10.1. The molecule has 0 fully saturated rings. The summed E-state index contributed by atoms with van der Waals surface area (Å²) in [5.41, 5.74) is 1.24. The summed E-state index contributed by atoms with van der Waals surface area (Å²) < 4.78 is 3.04. The Morgan fingerprint density at radius 2 is 2.27 bits per heavy atom. The minimum absolute atomic E-state index is 0.401. The first-order valence-corrected chi connectivity index (χ1v) is 6.34. The van der Waals surface area contributed by atoms with E-state index in [9.17, 15) is 0 Å². The molecule has 0 bridgehead atoms. The number of nitrogens with zero attached hydrogens (tertiary/aromatic N) is 2. The summed E-state index contributed by atoms with van der Waals surface area (Å²) in [4.78, 5) is 0. The average molecular weight is 274 g/mol. The molecule has 0 aromatic carbocycles. The van der Waals surface area contributed by atoms with E-state index in [0.29, 0.717) is 6.04 Å². The molecule has 1 heterocycles. The molecule has 1 N–H and O–H groups in total. The van der Waals surface area contributed by atoms with Gasteiger partial charge in [-0.15, -0.1) is 0 Å². The molecule has 1 atom stereocenters. The number of hydrogen-bond donors (Lipinski definition) is 1. The Bertz CT molecular complexity index is 277. The highest BCUT2D eigenvalue weighted by Gasteiger charge is 2.16. The van der Waals surface area contributed by atoms with Crippen molar-refractivity contribution in [3.63, 3.8) is 0 Å². The second kappa shape index (κ2) is 6.28. The lowest BCUT2D eigenvalue weighted by Gasteiger charge is -2.17. The fourth-order valence-corrected chi connectivity index (χ4v) is 2.45. The predicted molar refractivity (Wildman–Crippen MR) is 66.9 cm³/mol. The Labute approximate surface area is 100 Å². The summed E-state index contributed by atoms with van der Waals surface area (Å²) in [5.74, 6) is 0. The molecule has 1 rings (SSSR count). The second-order valence-electron chi connectivity index (χ2n) is 3.84. The van der Waals surface area contributed by atoms with Gasteiger partial charge in [0.1, 0.15) is 0 Å². The van der Waals surface area contributed by atoms with Gasteiger partial charge in [-0.1, -0.05) is 26.2 Å². The van der Waals surface area contributed by atoms with Gasteiger partial charge in [0, 0.05) is 7.05 Å². The highest BCUT2D eigenvalue weighted by molar-refractivity contribution is 9.10. The van der Waals surface area contributed by atoms with Gasteiger partial charge in [-0.25, -0.2) is 0 Å². The van der Waals surface area contributed by atoms with E-state index in [1.165, 1.54) is 31.4 Å². The Morgan fingerprint density at radius 1 is 1.53 bits per heavy atom. The van der Waals surface area contributed by atoms with E-state index in [-0.39, 0.29) is 0 Å². The maximum absolute atomic E-state index is 4.24. The molecule has 1 aromatic rings. The summed E-state index contributed by atoms with van der Waals surface area (Å²) in [7, 11) is 4.00. The van der Waals surface area contributed by atoms with Gasteiger partial charge >= 0.3 is 0 Å². The molecule has 1 unspecified atom stereocenters. The number of aromatic nitrogens is 2. The molecule has 0 saturated heterocycles.